The summed E-state index contributed by atoms with van der Waals surface area (Å²) < 4.78 is 333. The molecule has 6 N–H and O–H groups in total. The SMILES string of the molecule is O=S(=O)([O-])O.O=S(=O)([O-])O.O=S(=O)([O-])O.O=S(=O)([O-])O.O=S(=O)([O-])O.O=S(=O)([O-])O.[CH2-]C1=C[C@H]([N-][C@H]2[CH-][C@@H](OS(=O)(=O)[O-])[C@@H](O[C@H]3[CH-][C@@H](OS(=O)(=O)[O-])[C@@H](OC)O[C@@H]3[CH2-])O[C@@H]2C)[C@H](OS(=O)(=O)[O-])[CH-][CH-]1.[Na+].[Na+].[Na+].[Na+].[Na+].[Na+].[Na+].[Na+].[Na+].[Na+]. The molecular weight excluding hydrogens is 1410 g/mol. The Bertz CT molecular complexity index is 2410. The average Bonchev–Trinajstić information content (AvgIpc) is 2.99. The summed E-state index contributed by atoms with van der Waals surface area (Å²) in [5.41, 5.74) is 0.401. The van der Waals surface area contributed by atoms with E-state index in [0.29, 0.717) is 5.57 Å². The molecule has 0 aromatic heterocycles. The minimum atomic E-state index is -5.36. The van der Waals surface area contributed by atoms with Crippen LogP contribution in [0.2, 0.25) is 0 Å². The largest absolute Gasteiger partial charge is 1.00 e. The van der Waals surface area contributed by atoms with E-state index in [4.69, 9.17) is 124 Å². The van der Waals surface area contributed by atoms with E-state index in [9.17, 15) is 38.9 Å². The van der Waals surface area contributed by atoms with E-state index in [0.717, 1.165) is 20.0 Å². The summed E-state index contributed by atoms with van der Waals surface area (Å²) in [4.78, 5) is 0. The molecule has 0 radical (unpaired) electrons. The van der Waals surface area contributed by atoms with Gasteiger partial charge in [-0.25, -0.2) is 87.8 Å². The zero-order valence-corrected chi connectivity index (χ0v) is 70.6. The molecule has 0 unspecified atom stereocenters. The van der Waals surface area contributed by atoms with Gasteiger partial charge in [0.25, 0.3) is 0 Å². The minimum Gasteiger partial charge on any atom is -0.726 e. The molecule has 2 saturated heterocycles. The van der Waals surface area contributed by atoms with Gasteiger partial charge < -0.3 is 123 Å². The van der Waals surface area contributed by atoms with Crippen LogP contribution in [-0.4, -0.2) is 212 Å². The normalized spacial score (nSPS) is 23.3. The van der Waals surface area contributed by atoms with Gasteiger partial charge in [-0.1, -0.05) is 18.3 Å². The van der Waals surface area contributed by atoms with Crippen molar-refractivity contribution < 1.29 is 471 Å². The first-order valence-corrected chi connectivity index (χ1v) is 27.5. The summed E-state index contributed by atoms with van der Waals surface area (Å²) in [6, 6.07) is -2.17. The van der Waals surface area contributed by atoms with E-state index in [1.165, 1.54) is 25.8 Å². The molecule has 80 heavy (non-hydrogen) atoms. The van der Waals surface area contributed by atoms with Crippen LogP contribution in [0.4, 0.5) is 0 Å². The zero-order chi connectivity index (χ0) is 57.0. The average molecular weight is 1440 g/mol. The van der Waals surface area contributed by atoms with Gasteiger partial charge in [-0.2, -0.15) is 0 Å². The van der Waals surface area contributed by atoms with Crippen molar-refractivity contribution in [2.75, 3.05) is 7.11 Å². The Morgan fingerprint density at radius 3 is 1.04 bits per heavy atom. The fourth-order valence-electron chi connectivity index (χ4n) is 3.98. The van der Waals surface area contributed by atoms with Gasteiger partial charge in [-0.15, -0.1) is 0 Å². The number of ether oxygens (including phenoxy) is 4. The molecule has 2 aliphatic heterocycles. The van der Waals surface area contributed by atoms with Crippen molar-refractivity contribution in [3.05, 3.63) is 56.5 Å². The van der Waals surface area contributed by atoms with E-state index in [1.54, 1.807) is 0 Å². The van der Waals surface area contributed by atoms with Gasteiger partial charge >= 0.3 is 296 Å². The molecule has 0 aromatic rings. The second-order valence-corrected chi connectivity index (χ2v) is 19.3. The van der Waals surface area contributed by atoms with Crippen LogP contribution in [0, 0.1) is 39.5 Å². The van der Waals surface area contributed by atoms with E-state index >= 15 is 0 Å². The molecule has 0 amide bonds. The second-order valence-electron chi connectivity index (χ2n) is 11.2. The summed E-state index contributed by atoms with van der Waals surface area (Å²) >= 11 is 0. The Hall–Kier alpha value is 8.11. The van der Waals surface area contributed by atoms with Crippen LogP contribution in [0.1, 0.15) is 6.92 Å². The van der Waals surface area contributed by atoms with Gasteiger partial charge in [-0.05, 0) is 6.92 Å². The van der Waals surface area contributed by atoms with Gasteiger partial charge in [0.05, 0.1) is 0 Å². The quantitative estimate of drug-likeness (QED) is 0.0484. The van der Waals surface area contributed by atoms with Gasteiger partial charge in [0.15, 0.2) is 12.6 Å². The van der Waals surface area contributed by atoms with Gasteiger partial charge in [0.1, 0.15) is 0 Å². The first kappa shape index (κ1) is 122. The molecule has 1 aliphatic carbocycles. The predicted octanol–water partition coefficient (Wildman–Crippen LogP) is -37.4. The van der Waals surface area contributed by atoms with Crippen molar-refractivity contribution >= 4 is 93.6 Å². The first-order valence-electron chi connectivity index (χ1n) is 15.3. The van der Waals surface area contributed by atoms with Crippen molar-refractivity contribution in [3.63, 3.8) is 0 Å². The molecule has 0 saturated carbocycles. The Balaban J connectivity index is -0.0000000753. The van der Waals surface area contributed by atoms with Gasteiger partial charge in [-0.3, -0.25) is 33.7 Å². The fourth-order valence-corrected chi connectivity index (χ4v) is 5.28. The van der Waals surface area contributed by atoms with E-state index < -0.39 is 155 Å². The molecular formula is C20H31NNa10O40S9-6. The molecule has 2 fully saturated rings. The maximum absolute atomic E-state index is 11.5. The van der Waals surface area contributed by atoms with Crippen LogP contribution < -0.4 is 296 Å². The van der Waals surface area contributed by atoms with Crippen molar-refractivity contribution in [2.24, 2.45) is 0 Å². The predicted molar refractivity (Wildman–Crippen MR) is 199 cm³/mol. The summed E-state index contributed by atoms with van der Waals surface area (Å²) in [5.74, 6) is 0. The number of hydrogen-bond donors (Lipinski definition) is 6. The van der Waals surface area contributed by atoms with Crippen LogP contribution in [0.3, 0.4) is 0 Å². The van der Waals surface area contributed by atoms with Crippen LogP contribution in [0.15, 0.2) is 11.6 Å². The number of hydrogen-bond acceptors (Lipinski definition) is 34. The number of nitrogens with zero attached hydrogens (tertiary/aromatic N) is 1. The third-order valence-electron chi connectivity index (χ3n) is 5.58. The Kier molecular flexibility index (Phi) is 84.1. The third-order valence-corrected chi connectivity index (χ3v) is 6.96. The molecule has 60 heteroatoms. The number of allylic oxidation sites excluding steroid dienone is 1. The van der Waals surface area contributed by atoms with E-state index in [1.807, 2.05) is 0 Å². The molecule has 10 atom stereocenters. The number of rotatable bonds is 11. The molecule has 41 nitrogen and oxygen atoms in total. The summed E-state index contributed by atoms with van der Waals surface area (Å²) in [6.45, 7) is 8.85. The van der Waals surface area contributed by atoms with E-state index in [2.05, 4.69) is 31.7 Å². The standard InChI is InChI=1S/C20H28NO16S3.10Na.6H2O4S/c1-10-5-6-15(35-38(22,23)24)14(7-10)21-13-8-17(36-39(25,26)27)20(32-11(13)2)34-16-9-18(37-40(28,29)30)19(31-4)33-12(16)3;;;;;;;;;;;6*1-5(2,3)4/h5-9,11-20H,1,3H2,2,4H3,(H,22,23,24)(H,25,26,27)(H,28,29,30);;;;;;;;;;;6*(H2,1,2,3,4)/q-7;10*+1;;;;;;/p-9/t11-,12-,13+,14+,15-,16+,17-,18-,19+,20-;;;;;;;;;;;;;;;;/m1................/s1. The van der Waals surface area contributed by atoms with Crippen LogP contribution in [0.5, 0.6) is 0 Å². The fraction of sp³-hybridized carbons (Fsp3) is 0.600. The summed E-state index contributed by atoms with van der Waals surface area (Å²) in [6.07, 6.45) is -4.90. The van der Waals surface area contributed by atoms with Crippen LogP contribution in [-0.2, 0) is 125 Å². The maximum atomic E-state index is 11.5. The Labute approximate surface area is 683 Å². The monoisotopic (exact) mass is 1440 g/mol. The molecule has 3 aliphatic rings. The van der Waals surface area contributed by atoms with Gasteiger partial charge in [0, 0.05) is 25.4 Å². The third kappa shape index (κ3) is 102. The molecule has 3 rings (SSSR count). The Morgan fingerprint density at radius 2 is 0.762 bits per heavy atom. The van der Waals surface area contributed by atoms with Gasteiger partial charge in [0.2, 0.25) is 93.6 Å². The van der Waals surface area contributed by atoms with Crippen molar-refractivity contribution in [1.29, 1.82) is 0 Å². The van der Waals surface area contributed by atoms with Crippen molar-refractivity contribution in [1.82, 2.24) is 0 Å². The smallest absolute Gasteiger partial charge is 0.726 e. The van der Waals surface area contributed by atoms with Crippen LogP contribution in [0.25, 0.3) is 5.32 Å². The topological polar surface area (TPSA) is 715 Å². The summed E-state index contributed by atoms with van der Waals surface area (Å²) in [5, 5.41) is 4.35. The molecule has 0 bridgehead atoms. The number of methoxy groups -OCH3 is 1. The Morgan fingerprint density at radius 1 is 0.487 bits per heavy atom. The zero-order valence-electron chi connectivity index (χ0n) is 43.3. The minimum absolute atomic E-state index is 0. The first-order chi connectivity index (χ1) is 30.3. The maximum Gasteiger partial charge on any atom is 1.00 e. The summed E-state index contributed by atoms with van der Waals surface area (Å²) in [7, 11) is -44.1. The van der Waals surface area contributed by atoms with Crippen molar-refractivity contribution in [2.45, 2.75) is 68.2 Å². The molecule has 426 valence electrons. The van der Waals surface area contributed by atoms with E-state index in [-0.39, 0.29) is 296 Å². The van der Waals surface area contributed by atoms with Crippen molar-refractivity contribution in [3.8, 4) is 0 Å². The van der Waals surface area contributed by atoms with Crippen LogP contribution >= 0.6 is 0 Å². The second kappa shape index (κ2) is 55.3. The molecule has 2 heterocycles. The molecule has 0 spiro atoms. The molecule has 0 aromatic carbocycles.